The van der Waals surface area contributed by atoms with Gasteiger partial charge in [0, 0.05) is 26.7 Å². The van der Waals surface area contributed by atoms with E-state index < -0.39 is 0 Å². The van der Waals surface area contributed by atoms with Crippen LogP contribution in [-0.2, 0) is 26.6 Å². The minimum absolute atomic E-state index is 0.247. The van der Waals surface area contributed by atoms with E-state index in [2.05, 4.69) is 36.1 Å². The first kappa shape index (κ1) is 21.2. The van der Waals surface area contributed by atoms with Gasteiger partial charge < -0.3 is 9.47 Å². The molecule has 0 radical (unpaired) electrons. The van der Waals surface area contributed by atoms with Gasteiger partial charge in [-0.05, 0) is 30.4 Å². The van der Waals surface area contributed by atoms with E-state index in [0.29, 0.717) is 23.6 Å². The van der Waals surface area contributed by atoms with Crippen molar-refractivity contribution in [1.29, 1.82) is 0 Å². The minimum atomic E-state index is -0.340. The lowest BCUT2D eigenvalue weighted by Gasteiger charge is -2.33. The first-order valence-corrected chi connectivity index (χ1v) is 11.5. The molecule has 0 spiro atoms. The fourth-order valence-corrected chi connectivity index (χ4v) is 4.83. The fraction of sp³-hybridized carbons (Fsp3) is 0.346. The topological polar surface area (TPSA) is 65.1 Å². The molecular formula is C26H29N5O2. The summed E-state index contributed by atoms with van der Waals surface area (Å²) >= 11 is 0. The number of rotatable bonds is 5. The van der Waals surface area contributed by atoms with Crippen LogP contribution < -0.4 is 16.1 Å². The number of fused-ring (bicyclic) bond motifs is 3. The summed E-state index contributed by atoms with van der Waals surface area (Å²) in [6.07, 6.45) is 0.896. The van der Waals surface area contributed by atoms with E-state index in [9.17, 15) is 9.59 Å². The van der Waals surface area contributed by atoms with Gasteiger partial charge >= 0.3 is 5.69 Å². The highest BCUT2D eigenvalue weighted by molar-refractivity contribution is 5.75. The van der Waals surface area contributed by atoms with Gasteiger partial charge in [-0.3, -0.25) is 13.9 Å². The molecule has 0 fully saturated rings. The van der Waals surface area contributed by atoms with Crippen molar-refractivity contribution in [1.82, 2.24) is 18.7 Å². The number of imidazole rings is 1. The Kier molecular flexibility index (Phi) is 5.40. The van der Waals surface area contributed by atoms with E-state index in [0.717, 1.165) is 36.6 Å². The molecule has 1 aliphatic heterocycles. The molecule has 4 aromatic rings. The van der Waals surface area contributed by atoms with Crippen molar-refractivity contribution in [3.63, 3.8) is 0 Å². The van der Waals surface area contributed by atoms with Crippen molar-refractivity contribution in [3.05, 3.63) is 92.1 Å². The fourth-order valence-electron chi connectivity index (χ4n) is 4.83. The Bertz CT molecular complexity index is 1430. The highest BCUT2D eigenvalue weighted by atomic mass is 16.2. The third-order valence-electron chi connectivity index (χ3n) is 6.46. The van der Waals surface area contributed by atoms with Gasteiger partial charge in [-0.25, -0.2) is 4.79 Å². The van der Waals surface area contributed by atoms with E-state index in [-0.39, 0.29) is 17.8 Å². The van der Waals surface area contributed by atoms with E-state index in [1.807, 2.05) is 41.8 Å². The van der Waals surface area contributed by atoms with Gasteiger partial charge in [-0.2, -0.15) is 4.98 Å². The summed E-state index contributed by atoms with van der Waals surface area (Å²) in [6.45, 7) is 6.84. The lowest BCUT2D eigenvalue weighted by atomic mass is 10.1. The number of benzene rings is 2. The van der Waals surface area contributed by atoms with Gasteiger partial charge in [0.1, 0.15) is 0 Å². The van der Waals surface area contributed by atoms with Gasteiger partial charge in [0.05, 0.1) is 6.54 Å². The van der Waals surface area contributed by atoms with Gasteiger partial charge in [0.2, 0.25) is 5.95 Å². The molecule has 0 bridgehead atoms. The van der Waals surface area contributed by atoms with E-state index >= 15 is 0 Å². The first-order valence-electron chi connectivity index (χ1n) is 11.5. The Morgan fingerprint density at radius 1 is 1.00 bits per heavy atom. The molecule has 0 N–H and O–H groups in total. The Hall–Kier alpha value is -3.61. The van der Waals surface area contributed by atoms with Gasteiger partial charge in [-0.1, -0.05) is 67.1 Å². The van der Waals surface area contributed by atoms with Crippen LogP contribution in [0, 0.1) is 12.8 Å². The van der Waals surface area contributed by atoms with Crippen molar-refractivity contribution in [2.75, 3.05) is 18.0 Å². The third-order valence-corrected chi connectivity index (χ3v) is 6.46. The smallest absolute Gasteiger partial charge is 0.332 e. The maximum Gasteiger partial charge on any atom is 0.332 e. The summed E-state index contributed by atoms with van der Waals surface area (Å²) in [4.78, 5) is 33.8. The van der Waals surface area contributed by atoms with Crippen LogP contribution >= 0.6 is 0 Å². The molecule has 2 aromatic heterocycles. The average Bonchev–Trinajstić information content (AvgIpc) is 3.19. The van der Waals surface area contributed by atoms with Crippen LogP contribution in [0.5, 0.6) is 0 Å². The maximum atomic E-state index is 13.6. The molecule has 1 aliphatic rings. The number of hydrogen-bond donors (Lipinski definition) is 0. The Morgan fingerprint density at radius 2 is 1.76 bits per heavy atom. The molecule has 0 aliphatic carbocycles. The highest BCUT2D eigenvalue weighted by Gasteiger charge is 2.28. The lowest BCUT2D eigenvalue weighted by Crippen LogP contribution is -2.41. The summed E-state index contributed by atoms with van der Waals surface area (Å²) in [7, 11) is 1.70. The molecule has 7 nitrogen and oxygen atoms in total. The summed E-state index contributed by atoms with van der Waals surface area (Å²) in [6, 6.07) is 18.3. The first-order chi connectivity index (χ1) is 15.9. The van der Waals surface area contributed by atoms with E-state index in [4.69, 9.17) is 4.98 Å². The minimum Gasteiger partial charge on any atom is -0.342 e. The molecule has 1 unspecified atom stereocenters. The number of aromatic nitrogens is 4. The lowest BCUT2D eigenvalue weighted by molar-refractivity contribution is 0.437. The zero-order chi connectivity index (χ0) is 23.1. The summed E-state index contributed by atoms with van der Waals surface area (Å²) in [5.74, 6) is 1.15. The molecule has 33 heavy (non-hydrogen) atoms. The molecule has 3 heterocycles. The van der Waals surface area contributed by atoms with Gasteiger partial charge in [0.15, 0.2) is 11.2 Å². The van der Waals surface area contributed by atoms with E-state index in [1.54, 1.807) is 7.05 Å². The number of nitrogens with zero attached hydrogens (tertiary/aromatic N) is 5. The van der Waals surface area contributed by atoms with Crippen LogP contribution in [0.4, 0.5) is 5.95 Å². The quantitative estimate of drug-likeness (QED) is 0.476. The third kappa shape index (κ3) is 3.88. The molecule has 0 amide bonds. The van der Waals surface area contributed by atoms with Crippen molar-refractivity contribution in [2.24, 2.45) is 13.0 Å². The second kappa shape index (κ2) is 8.39. The molecule has 1 atom stereocenters. The Morgan fingerprint density at radius 3 is 2.52 bits per heavy atom. The van der Waals surface area contributed by atoms with Crippen molar-refractivity contribution >= 4 is 17.1 Å². The van der Waals surface area contributed by atoms with Crippen molar-refractivity contribution in [3.8, 4) is 0 Å². The Balaban J connectivity index is 1.59. The van der Waals surface area contributed by atoms with Crippen LogP contribution in [0.25, 0.3) is 11.2 Å². The molecule has 5 rings (SSSR count). The van der Waals surface area contributed by atoms with Crippen molar-refractivity contribution < 1.29 is 0 Å². The summed E-state index contributed by atoms with van der Waals surface area (Å²) in [5.41, 5.74) is 3.66. The maximum absolute atomic E-state index is 13.6. The van der Waals surface area contributed by atoms with E-state index in [1.165, 1.54) is 14.7 Å². The Labute approximate surface area is 192 Å². The van der Waals surface area contributed by atoms with Crippen LogP contribution in [0.2, 0.25) is 0 Å². The van der Waals surface area contributed by atoms with Crippen LogP contribution in [0.15, 0.2) is 64.2 Å². The van der Waals surface area contributed by atoms with Crippen LogP contribution in [-0.4, -0.2) is 31.8 Å². The zero-order valence-corrected chi connectivity index (χ0v) is 19.4. The molecule has 0 saturated heterocycles. The normalized spacial score (nSPS) is 15.7. The number of aryl methyl sites for hydroxylation is 2. The average molecular weight is 444 g/mol. The monoisotopic (exact) mass is 443 g/mol. The highest BCUT2D eigenvalue weighted by Crippen LogP contribution is 2.27. The van der Waals surface area contributed by atoms with Crippen LogP contribution in [0.1, 0.15) is 23.6 Å². The molecule has 0 saturated carbocycles. The molecular weight excluding hydrogens is 414 g/mol. The molecule has 170 valence electrons. The molecule has 7 heteroatoms. The SMILES string of the molecule is Cc1cccc(Cn2c(=O)c3c(nc4n3CC(C)CN4CCc3ccccc3)n(C)c2=O)c1. The predicted octanol–water partition coefficient (Wildman–Crippen LogP) is 2.95. The standard InChI is InChI=1S/C26H29N5O2/c1-18-8-7-11-21(14-18)17-31-24(32)22-23(28(3)26(31)33)27-25-29(15-19(2)16-30(22)25)13-12-20-9-5-4-6-10-20/h4-11,14,19H,12-13,15-17H2,1-3H3. The zero-order valence-electron chi connectivity index (χ0n) is 19.4. The summed E-state index contributed by atoms with van der Waals surface area (Å²) < 4.78 is 4.86. The van der Waals surface area contributed by atoms with Crippen molar-refractivity contribution in [2.45, 2.75) is 33.4 Å². The largest absolute Gasteiger partial charge is 0.342 e. The van der Waals surface area contributed by atoms with Gasteiger partial charge in [0.25, 0.3) is 5.56 Å². The number of hydrogen-bond acceptors (Lipinski definition) is 4. The summed E-state index contributed by atoms with van der Waals surface area (Å²) in [5, 5.41) is 0. The second-order valence-corrected chi connectivity index (χ2v) is 9.20. The van der Waals surface area contributed by atoms with Crippen LogP contribution in [0.3, 0.4) is 0 Å². The second-order valence-electron chi connectivity index (χ2n) is 9.20. The predicted molar refractivity (Wildman–Crippen MR) is 131 cm³/mol. The van der Waals surface area contributed by atoms with Gasteiger partial charge in [-0.15, -0.1) is 0 Å². The number of anilines is 1. The molecule has 2 aromatic carbocycles.